The van der Waals surface area contributed by atoms with Gasteiger partial charge in [0.25, 0.3) is 0 Å². The lowest BCUT2D eigenvalue weighted by atomic mass is 10.1. The number of halogens is 2. The van der Waals surface area contributed by atoms with Crippen LogP contribution in [0.3, 0.4) is 0 Å². The van der Waals surface area contributed by atoms with Crippen LogP contribution < -0.4 is 0 Å². The van der Waals surface area contributed by atoms with Crippen LogP contribution in [0.5, 0.6) is 0 Å². The predicted octanol–water partition coefficient (Wildman–Crippen LogP) is 4.55. The molecule has 0 N–H and O–H groups in total. The van der Waals surface area contributed by atoms with Crippen molar-refractivity contribution in [1.29, 1.82) is 0 Å². The number of hydrogen-bond acceptors (Lipinski definition) is 3. The van der Waals surface area contributed by atoms with E-state index in [1.54, 1.807) is 12.1 Å². The monoisotopic (exact) mass is 318 g/mol. The van der Waals surface area contributed by atoms with Gasteiger partial charge in [-0.3, -0.25) is 4.79 Å². The van der Waals surface area contributed by atoms with E-state index in [4.69, 9.17) is 16.0 Å². The second-order valence-corrected chi connectivity index (χ2v) is 5.68. The first-order valence-corrected chi connectivity index (χ1v) is 6.68. The molecule has 84 valence electrons. The first-order chi connectivity index (χ1) is 7.63. The van der Waals surface area contributed by atoms with E-state index >= 15 is 0 Å². The van der Waals surface area contributed by atoms with Crippen LogP contribution in [0.15, 0.2) is 27.3 Å². The van der Waals surface area contributed by atoms with Crippen LogP contribution in [0.4, 0.5) is 0 Å². The molecule has 0 radical (unpaired) electrons. The van der Waals surface area contributed by atoms with Crippen molar-refractivity contribution in [3.8, 4) is 0 Å². The molecule has 2 nitrogen and oxygen atoms in total. The maximum atomic E-state index is 12.1. The van der Waals surface area contributed by atoms with Crippen LogP contribution in [-0.2, 0) is 6.42 Å². The van der Waals surface area contributed by atoms with E-state index in [-0.39, 0.29) is 5.78 Å². The molecule has 16 heavy (non-hydrogen) atoms. The summed E-state index contributed by atoms with van der Waals surface area (Å²) in [6, 6.07) is 3.43. The Hall–Kier alpha value is -0.580. The second-order valence-electron chi connectivity index (χ2n) is 3.17. The second kappa shape index (κ2) is 4.73. The Morgan fingerprint density at radius 2 is 2.38 bits per heavy atom. The summed E-state index contributed by atoms with van der Waals surface area (Å²) >= 11 is 10.5. The molecule has 0 spiro atoms. The largest absolute Gasteiger partial charge is 0.469 e. The average Bonchev–Trinajstić information content (AvgIpc) is 2.85. The SMILES string of the molecule is CCc1occc1C(=O)c1cc(Br)c(Cl)s1. The Morgan fingerprint density at radius 1 is 1.62 bits per heavy atom. The van der Waals surface area contributed by atoms with Gasteiger partial charge in [-0.05, 0) is 28.1 Å². The van der Waals surface area contributed by atoms with Crippen molar-refractivity contribution >= 4 is 44.7 Å². The van der Waals surface area contributed by atoms with Gasteiger partial charge in [-0.2, -0.15) is 0 Å². The van der Waals surface area contributed by atoms with E-state index in [0.717, 1.165) is 4.47 Å². The Bertz CT molecular complexity index is 510. The highest BCUT2D eigenvalue weighted by atomic mass is 79.9. The third-order valence-corrected chi connectivity index (χ3v) is 4.65. The number of aryl methyl sites for hydroxylation is 1. The maximum Gasteiger partial charge on any atom is 0.206 e. The molecule has 0 amide bonds. The van der Waals surface area contributed by atoms with Gasteiger partial charge in [0.15, 0.2) is 0 Å². The quantitative estimate of drug-likeness (QED) is 0.777. The van der Waals surface area contributed by atoms with Crippen LogP contribution in [0, 0.1) is 0 Å². The van der Waals surface area contributed by atoms with Gasteiger partial charge in [-0.1, -0.05) is 18.5 Å². The molecule has 0 bridgehead atoms. The molecule has 0 saturated heterocycles. The molecule has 0 unspecified atom stereocenters. The molecule has 2 aromatic heterocycles. The van der Waals surface area contributed by atoms with E-state index in [2.05, 4.69) is 15.9 Å². The van der Waals surface area contributed by atoms with Crippen molar-refractivity contribution in [3.05, 3.63) is 43.4 Å². The molecule has 2 aromatic rings. The molecule has 0 saturated carbocycles. The summed E-state index contributed by atoms with van der Waals surface area (Å²) in [5.41, 5.74) is 0.618. The fourth-order valence-electron chi connectivity index (χ4n) is 1.41. The fraction of sp³-hybridized carbons (Fsp3) is 0.182. The number of carbonyl (C=O) groups is 1. The van der Waals surface area contributed by atoms with E-state index < -0.39 is 0 Å². The van der Waals surface area contributed by atoms with Crippen molar-refractivity contribution < 1.29 is 9.21 Å². The van der Waals surface area contributed by atoms with Crippen molar-refractivity contribution in [3.63, 3.8) is 0 Å². The average molecular weight is 320 g/mol. The standard InChI is InChI=1S/C11H8BrClO2S/c1-2-8-6(3-4-15-8)10(14)9-5-7(12)11(13)16-9/h3-5H,2H2,1H3. The van der Waals surface area contributed by atoms with Gasteiger partial charge >= 0.3 is 0 Å². The molecule has 0 fully saturated rings. The van der Waals surface area contributed by atoms with Crippen molar-refractivity contribution in [2.24, 2.45) is 0 Å². The number of rotatable bonds is 3. The third-order valence-electron chi connectivity index (χ3n) is 2.18. The molecule has 0 aliphatic rings. The number of thiophene rings is 1. The van der Waals surface area contributed by atoms with Crippen LogP contribution in [0.25, 0.3) is 0 Å². The summed E-state index contributed by atoms with van der Waals surface area (Å²) in [5.74, 6) is 0.675. The highest BCUT2D eigenvalue weighted by molar-refractivity contribution is 9.10. The molecule has 2 heterocycles. The van der Waals surface area contributed by atoms with Gasteiger partial charge in [0.05, 0.1) is 16.7 Å². The Labute approximate surface area is 110 Å². The van der Waals surface area contributed by atoms with E-state index in [1.807, 2.05) is 6.92 Å². The molecular weight excluding hydrogens is 312 g/mol. The predicted molar refractivity (Wildman–Crippen MR) is 68.5 cm³/mol. The number of ketones is 1. The summed E-state index contributed by atoms with van der Waals surface area (Å²) in [6.07, 6.45) is 2.24. The van der Waals surface area contributed by atoms with Gasteiger partial charge in [-0.15, -0.1) is 11.3 Å². The summed E-state index contributed by atoms with van der Waals surface area (Å²) in [7, 11) is 0. The fourth-order valence-corrected chi connectivity index (χ4v) is 3.06. The van der Waals surface area contributed by atoms with Gasteiger partial charge < -0.3 is 4.42 Å². The zero-order valence-electron chi connectivity index (χ0n) is 8.42. The lowest BCUT2D eigenvalue weighted by Gasteiger charge is -1.96. The molecular formula is C11H8BrClO2S. The van der Waals surface area contributed by atoms with Gasteiger partial charge in [0, 0.05) is 10.9 Å². The first kappa shape index (κ1) is 11.9. The number of hydrogen-bond donors (Lipinski definition) is 0. The number of furan rings is 1. The normalized spacial score (nSPS) is 10.7. The molecule has 0 atom stereocenters. The number of carbonyl (C=O) groups excluding carboxylic acids is 1. The Balaban J connectivity index is 2.39. The van der Waals surface area contributed by atoms with Crippen molar-refractivity contribution in [2.45, 2.75) is 13.3 Å². The van der Waals surface area contributed by atoms with Crippen LogP contribution in [0.2, 0.25) is 4.34 Å². The molecule has 5 heteroatoms. The topological polar surface area (TPSA) is 30.2 Å². The lowest BCUT2D eigenvalue weighted by molar-refractivity contribution is 0.104. The Kier molecular flexibility index (Phi) is 3.52. The zero-order valence-corrected chi connectivity index (χ0v) is 11.6. The molecule has 0 aliphatic carbocycles. The van der Waals surface area contributed by atoms with Gasteiger partial charge in [0.2, 0.25) is 5.78 Å². The summed E-state index contributed by atoms with van der Waals surface area (Å²) in [4.78, 5) is 12.7. The van der Waals surface area contributed by atoms with E-state index in [9.17, 15) is 4.79 Å². The minimum absolute atomic E-state index is 0.0387. The maximum absolute atomic E-state index is 12.1. The highest BCUT2D eigenvalue weighted by Gasteiger charge is 2.18. The molecule has 2 rings (SSSR count). The highest BCUT2D eigenvalue weighted by Crippen LogP contribution is 2.33. The van der Waals surface area contributed by atoms with Crippen LogP contribution >= 0.6 is 38.9 Å². The molecule has 0 aliphatic heterocycles. The van der Waals surface area contributed by atoms with Crippen molar-refractivity contribution in [1.82, 2.24) is 0 Å². The van der Waals surface area contributed by atoms with Gasteiger partial charge in [-0.25, -0.2) is 0 Å². The third kappa shape index (κ3) is 2.10. The summed E-state index contributed by atoms with van der Waals surface area (Å²) in [6.45, 7) is 1.95. The van der Waals surface area contributed by atoms with E-state index in [1.165, 1.54) is 17.6 Å². The minimum Gasteiger partial charge on any atom is -0.469 e. The molecule has 0 aromatic carbocycles. The Morgan fingerprint density at radius 3 is 2.94 bits per heavy atom. The van der Waals surface area contributed by atoms with E-state index in [0.29, 0.717) is 27.0 Å². The van der Waals surface area contributed by atoms with Crippen LogP contribution in [-0.4, -0.2) is 5.78 Å². The lowest BCUT2D eigenvalue weighted by Crippen LogP contribution is -1.99. The van der Waals surface area contributed by atoms with Crippen LogP contribution in [0.1, 0.15) is 27.9 Å². The minimum atomic E-state index is -0.0387. The zero-order chi connectivity index (χ0) is 11.7. The van der Waals surface area contributed by atoms with Gasteiger partial charge in [0.1, 0.15) is 10.1 Å². The smallest absolute Gasteiger partial charge is 0.206 e. The first-order valence-electron chi connectivity index (χ1n) is 4.69. The summed E-state index contributed by atoms with van der Waals surface area (Å²) in [5, 5.41) is 0. The summed E-state index contributed by atoms with van der Waals surface area (Å²) < 4.78 is 6.57. The van der Waals surface area contributed by atoms with Crippen molar-refractivity contribution in [2.75, 3.05) is 0 Å².